The number of halogens is 1. The zero-order valence-electron chi connectivity index (χ0n) is 6.32. The molecule has 0 heterocycles. The fraction of sp³-hybridized carbons (Fsp3) is 0.333. The summed E-state index contributed by atoms with van der Waals surface area (Å²) in [4.78, 5) is 0. The standard InChI is InChI=1S/C9H11Cl/c1-7-3-4-9(6-10)8(2)5-7/h3-5H,6H2,1-2H3. The van der Waals surface area contributed by atoms with Gasteiger partial charge < -0.3 is 0 Å². The first kappa shape index (κ1) is 7.62. The third-order valence-corrected chi connectivity index (χ3v) is 1.93. The molecule has 0 saturated heterocycles. The number of aryl methyl sites for hydroxylation is 2. The molecule has 0 N–H and O–H groups in total. The molecular weight excluding hydrogens is 144 g/mol. The summed E-state index contributed by atoms with van der Waals surface area (Å²) in [6.45, 7) is 4.18. The summed E-state index contributed by atoms with van der Waals surface area (Å²) in [5.74, 6) is 0.617. The van der Waals surface area contributed by atoms with Crippen LogP contribution in [-0.2, 0) is 5.88 Å². The highest BCUT2D eigenvalue weighted by Crippen LogP contribution is 2.11. The molecule has 1 aromatic rings. The molecule has 54 valence electrons. The molecule has 1 heteroatoms. The van der Waals surface area contributed by atoms with Crippen molar-refractivity contribution in [3.05, 3.63) is 34.9 Å². The van der Waals surface area contributed by atoms with E-state index in [9.17, 15) is 0 Å². The molecule has 0 aliphatic carbocycles. The molecule has 1 aromatic carbocycles. The Bertz CT molecular complexity index is 228. The quantitative estimate of drug-likeness (QED) is 0.546. The molecule has 0 atom stereocenters. The Morgan fingerprint density at radius 2 is 2.00 bits per heavy atom. The van der Waals surface area contributed by atoms with Crippen molar-refractivity contribution in [1.82, 2.24) is 0 Å². The van der Waals surface area contributed by atoms with Gasteiger partial charge in [0.25, 0.3) is 0 Å². The van der Waals surface area contributed by atoms with Crippen molar-refractivity contribution in [2.24, 2.45) is 0 Å². The van der Waals surface area contributed by atoms with E-state index in [-0.39, 0.29) is 0 Å². The van der Waals surface area contributed by atoms with Gasteiger partial charge in [0.2, 0.25) is 0 Å². The van der Waals surface area contributed by atoms with E-state index in [2.05, 4.69) is 32.0 Å². The third kappa shape index (κ3) is 1.51. The Hall–Kier alpha value is -0.490. The SMILES string of the molecule is Cc1ccc(CCl)c(C)c1. The summed E-state index contributed by atoms with van der Waals surface area (Å²) in [5.41, 5.74) is 3.81. The summed E-state index contributed by atoms with van der Waals surface area (Å²) in [5, 5.41) is 0. The van der Waals surface area contributed by atoms with Crippen LogP contribution in [0, 0.1) is 13.8 Å². The molecule has 0 saturated carbocycles. The highest BCUT2D eigenvalue weighted by Gasteiger charge is 1.94. The summed E-state index contributed by atoms with van der Waals surface area (Å²) in [7, 11) is 0. The van der Waals surface area contributed by atoms with Crippen LogP contribution in [0.2, 0.25) is 0 Å². The molecule has 10 heavy (non-hydrogen) atoms. The van der Waals surface area contributed by atoms with E-state index in [1.807, 2.05) is 0 Å². The molecule has 0 bridgehead atoms. The van der Waals surface area contributed by atoms with Gasteiger partial charge in [0.15, 0.2) is 0 Å². The molecule has 0 aliphatic heterocycles. The number of hydrogen-bond acceptors (Lipinski definition) is 0. The van der Waals surface area contributed by atoms with Crippen molar-refractivity contribution in [3.8, 4) is 0 Å². The minimum atomic E-state index is 0.617. The minimum Gasteiger partial charge on any atom is -0.122 e. The van der Waals surface area contributed by atoms with Crippen LogP contribution in [0.1, 0.15) is 16.7 Å². The van der Waals surface area contributed by atoms with Crippen LogP contribution in [0.25, 0.3) is 0 Å². The van der Waals surface area contributed by atoms with Crippen LogP contribution in [0.15, 0.2) is 18.2 Å². The average Bonchev–Trinajstić information content (AvgIpc) is 1.88. The Morgan fingerprint density at radius 1 is 1.30 bits per heavy atom. The summed E-state index contributed by atoms with van der Waals surface area (Å²) < 4.78 is 0. The monoisotopic (exact) mass is 154 g/mol. The van der Waals surface area contributed by atoms with Crippen LogP contribution in [0.3, 0.4) is 0 Å². The second kappa shape index (κ2) is 3.07. The topological polar surface area (TPSA) is 0 Å². The maximum atomic E-state index is 5.68. The van der Waals surface area contributed by atoms with Crippen LogP contribution in [0.4, 0.5) is 0 Å². The second-order valence-electron chi connectivity index (χ2n) is 2.56. The third-order valence-electron chi connectivity index (χ3n) is 1.64. The van der Waals surface area contributed by atoms with Gasteiger partial charge in [-0.25, -0.2) is 0 Å². The van der Waals surface area contributed by atoms with Gasteiger partial charge in [0.1, 0.15) is 0 Å². The number of hydrogen-bond donors (Lipinski definition) is 0. The molecule has 0 amide bonds. The molecular formula is C9H11Cl. The van der Waals surface area contributed by atoms with E-state index in [1.165, 1.54) is 16.7 Å². The predicted octanol–water partition coefficient (Wildman–Crippen LogP) is 3.04. The lowest BCUT2D eigenvalue weighted by molar-refractivity contribution is 1.27. The molecule has 0 spiro atoms. The summed E-state index contributed by atoms with van der Waals surface area (Å²) in [6, 6.07) is 6.32. The van der Waals surface area contributed by atoms with Crippen LogP contribution in [0.5, 0.6) is 0 Å². The van der Waals surface area contributed by atoms with Crippen molar-refractivity contribution in [1.29, 1.82) is 0 Å². The van der Waals surface area contributed by atoms with Crippen LogP contribution < -0.4 is 0 Å². The maximum absolute atomic E-state index is 5.68. The smallest absolute Gasteiger partial charge is 0.0476 e. The first-order valence-electron chi connectivity index (χ1n) is 3.36. The molecule has 0 radical (unpaired) electrons. The van der Waals surface area contributed by atoms with E-state index in [0.717, 1.165) is 0 Å². The molecule has 0 fully saturated rings. The van der Waals surface area contributed by atoms with E-state index in [4.69, 9.17) is 11.6 Å². The van der Waals surface area contributed by atoms with Gasteiger partial charge >= 0.3 is 0 Å². The van der Waals surface area contributed by atoms with Gasteiger partial charge in [-0.1, -0.05) is 23.8 Å². The first-order valence-corrected chi connectivity index (χ1v) is 3.89. The van der Waals surface area contributed by atoms with Crippen molar-refractivity contribution in [2.45, 2.75) is 19.7 Å². The zero-order valence-corrected chi connectivity index (χ0v) is 7.07. The highest BCUT2D eigenvalue weighted by atomic mass is 35.5. The Balaban J connectivity index is 3.07. The largest absolute Gasteiger partial charge is 0.122 e. The maximum Gasteiger partial charge on any atom is 0.0476 e. The van der Waals surface area contributed by atoms with Gasteiger partial charge in [-0.3, -0.25) is 0 Å². The molecule has 0 aliphatic rings. The van der Waals surface area contributed by atoms with E-state index >= 15 is 0 Å². The predicted molar refractivity (Wildman–Crippen MR) is 45.5 cm³/mol. The summed E-state index contributed by atoms with van der Waals surface area (Å²) >= 11 is 5.68. The Labute approximate surface area is 66.8 Å². The van der Waals surface area contributed by atoms with Gasteiger partial charge in [-0.15, -0.1) is 11.6 Å². The van der Waals surface area contributed by atoms with Gasteiger partial charge in [-0.2, -0.15) is 0 Å². The zero-order chi connectivity index (χ0) is 7.56. The van der Waals surface area contributed by atoms with E-state index in [1.54, 1.807) is 0 Å². The minimum absolute atomic E-state index is 0.617. The first-order chi connectivity index (χ1) is 4.74. The van der Waals surface area contributed by atoms with E-state index < -0.39 is 0 Å². The number of benzene rings is 1. The molecule has 0 aromatic heterocycles. The number of alkyl halides is 1. The lowest BCUT2D eigenvalue weighted by Crippen LogP contribution is -1.84. The Kier molecular flexibility index (Phi) is 2.34. The average molecular weight is 155 g/mol. The fourth-order valence-corrected chi connectivity index (χ4v) is 1.30. The van der Waals surface area contributed by atoms with Crippen molar-refractivity contribution >= 4 is 11.6 Å². The summed E-state index contributed by atoms with van der Waals surface area (Å²) in [6.07, 6.45) is 0. The highest BCUT2D eigenvalue weighted by molar-refractivity contribution is 6.17. The van der Waals surface area contributed by atoms with Gasteiger partial charge in [-0.05, 0) is 25.0 Å². The molecule has 0 unspecified atom stereocenters. The lowest BCUT2D eigenvalue weighted by atomic mass is 10.1. The van der Waals surface area contributed by atoms with Gasteiger partial charge in [0, 0.05) is 5.88 Å². The van der Waals surface area contributed by atoms with Gasteiger partial charge in [0.05, 0.1) is 0 Å². The van der Waals surface area contributed by atoms with Crippen LogP contribution >= 0.6 is 11.6 Å². The van der Waals surface area contributed by atoms with Crippen molar-refractivity contribution in [2.75, 3.05) is 0 Å². The molecule has 0 nitrogen and oxygen atoms in total. The normalized spacial score (nSPS) is 9.90. The fourth-order valence-electron chi connectivity index (χ4n) is 0.996. The number of rotatable bonds is 1. The van der Waals surface area contributed by atoms with Crippen LogP contribution in [-0.4, -0.2) is 0 Å². The lowest BCUT2D eigenvalue weighted by Gasteiger charge is -2.01. The van der Waals surface area contributed by atoms with Crippen molar-refractivity contribution in [3.63, 3.8) is 0 Å². The molecule has 1 rings (SSSR count). The van der Waals surface area contributed by atoms with Crippen molar-refractivity contribution < 1.29 is 0 Å². The second-order valence-corrected chi connectivity index (χ2v) is 2.83. The van der Waals surface area contributed by atoms with E-state index in [0.29, 0.717) is 5.88 Å². The Morgan fingerprint density at radius 3 is 2.50 bits per heavy atom.